The molecule has 2 amide bonds. The lowest BCUT2D eigenvalue weighted by Crippen LogP contribution is -2.32. The van der Waals surface area contributed by atoms with Crippen LogP contribution in [-0.4, -0.2) is 43.3 Å². The molecule has 3 aromatic rings. The molecule has 1 saturated heterocycles. The number of ether oxygens (including phenoxy) is 1. The molecular weight excluding hydrogens is 446 g/mol. The topological polar surface area (TPSA) is 82.7 Å². The molecule has 1 N–H and O–H groups in total. The van der Waals surface area contributed by atoms with E-state index in [2.05, 4.69) is 4.98 Å². The second-order valence-corrected chi connectivity index (χ2v) is 10.1. The van der Waals surface area contributed by atoms with E-state index in [4.69, 9.17) is 4.74 Å². The Labute approximate surface area is 193 Å². The number of methoxy groups -OCH3 is 1. The summed E-state index contributed by atoms with van der Waals surface area (Å²) in [6.07, 6.45) is 0. The number of carbonyl (C=O) groups is 2. The highest BCUT2D eigenvalue weighted by Crippen LogP contribution is 2.53. The Kier molecular flexibility index (Phi) is 5.10. The Morgan fingerprint density at radius 1 is 0.969 bits per heavy atom. The Morgan fingerprint density at radius 3 is 2.28 bits per heavy atom. The number of nitrogens with one attached hydrogen (secondary N) is 1. The van der Waals surface area contributed by atoms with Gasteiger partial charge < -0.3 is 14.6 Å². The van der Waals surface area contributed by atoms with Crippen molar-refractivity contribution < 1.29 is 14.3 Å². The number of imide groups is 1. The summed E-state index contributed by atoms with van der Waals surface area (Å²) in [6.45, 7) is 0. The number of aromatic nitrogens is 1. The van der Waals surface area contributed by atoms with E-state index in [1.54, 1.807) is 31.4 Å². The molecule has 0 radical (unpaired) electrons. The highest BCUT2D eigenvalue weighted by Gasteiger charge is 2.56. The van der Waals surface area contributed by atoms with Crippen molar-refractivity contribution in [3.63, 3.8) is 0 Å². The van der Waals surface area contributed by atoms with E-state index < -0.39 is 11.2 Å². The third-order valence-corrected chi connectivity index (χ3v) is 8.32. The average molecular weight is 468 g/mol. The van der Waals surface area contributed by atoms with Gasteiger partial charge in [-0.1, -0.05) is 35.2 Å². The van der Waals surface area contributed by atoms with E-state index in [0.717, 1.165) is 27.5 Å². The molecule has 3 atom stereocenters. The van der Waals surface area contributed by atoms with Gasteiger partial charge in [-0.3, -0.25) is 14.4 Å². The number of carbonyl (C=O) groups excluding carboxylic acids is 2. The number of thiazole rings is 1. The Bertz CT molecular complexity index is 1250. The van der Waals surface area contributed by atoms with Gasteiger partial charge in [0, 0.05) is 30.6 Å². The van der Waals surface area contributed by atoms with Gasteiger partial charge in [-0.15, -0.1) is 0 Å². The van der Waals surface area contributed by atoms with Gasteiger partial charge in [0.1, 0.15) is 11.0 Å². The number of thioether (sulfide) groups is 1. The highest BCUT2D eigenvalue weighted by molar-refractivity contribution is 8.00. The molecule has 2 aromatic carbocycles. The summed E-state index contributed by atoms with van der Waals surface area (Å²) in [7, 11) is 5.49. The number of hydrogen-bond donors (Lipinski definition) is 1. The molecule has 3 unspecified atom stereocenters. The van der Waals surface area contributed by atoms with Crippen LogP contribution < -0.4 is 19.4 Å². The molecule has 5 rings (SSSR count). The normalized spacial score (nSPS) is 22.0. The molecular formula is C23H21N3O4S2. The van der Waals surface area contributed by atoms with Crippen LogP contribution in [-0.2, 0) is 9.59 Å². The number of fused-ring (bicyclic) bond motifs is 2. The summed E-state index contributed by atoms with van der Waals surface area (Å²) in [6, 6.07) is 14.8. The first-order chi connectivity index (χ1) is 15.4. The minimum Gasteiger partial charge on any atom is -0.497 e. The van der Waals surface area contributed by atoms with Crippen LogP contribution in [0.5, 0.6) is 5.75 Å². The van der Waals surface area contributed by atoms with Crippen molar-refractivity contribution in [2.75, 3.05) is 31.0 Å². The fourth-order valence-electron chi connectivity index (χ4n) is 4.34. The van der Waals surface area contributed by atoms with Gasteiger partial charge in [-0.2, -0.15) is 0 Å². The van der Waals surface area contributed by atoms with Crippen LogP contribution in [0.4, 0.5) is 11.4 Å². The molecule has 2 aliphatic heterocycles. The molecule has 0 bridgehead atoms. The zero-order valence-electron chi connectivity index (χ0n) is 17.7. The number of benzene rings is 2. The van der Waals surface area contributed by atoms with Crippen molar-refractivity contribution in [2.24, 2.45) is 5.92 Å². The molecule has 0 saturated carbocycles. The monoisotopic (exact) mass is 467 g/mol. The summed E-state index contributed by atoms with van der Waals surface area (Å²) < 4.78 is 5.20. The van der Waals surface area contributed by atoms with Crippen molar-refractivity contribution in [3.8, 4) is 5.75 Å². The number of rotatable bonds is 4. The third-order valence-electron chi connectivity index (χ3n) is 5.92. The van der Waals surface area contributed by atoms with Crippen LogP contribution >= 0.6 is 23.1 Å². The molecule has 164 valence electrons. The maximum absolute atomic E-state index is 13.6. The smallest absolute Gasteiger partial charge is 0.305 e. The fraction of sp³-hybridized carbons (Fsp3) is 0.261. The van der Waals surface area contributed by atoms with Crippen molar-refractivity contribution >= 4 is 46.3 Å². The van der Waals surface area contributed by atoms with Crippen molar-refractivity contribution in [1.29, 1.82) is 0 Å². The Balaban J connectivity index is 1.59. The number of aromatic amines is 1. The van der Waals surface area contributed by atoms with Crippen LogP contribution in [0, 0.1) is 5.92 Å². The van der Waals surface area contributed by atoms with Crippen molar-refractivity contribution in [3.05, 3.63) is 68.6 Å². The second kappa shape index (κ2) is 7.83. The molecule has 3 heterocycles. The van der Waals surface area contributed by atoms with E-state index in [1.165, 1.54) is 16.7 Å². The summed E-state index contributed by atoms with van der Waals surface area (Å²) in [5.74, 6) is -0.804. The predicted molar refractivity (Wildman–Crippen MR) is 126 cm³/mol. The zero-order chi connectivity index (χ0) is 22.6. The molecule has 7 nitrogen and oxygen atoms in total. The lowest BCUT2D eigenvalue weighted by Gasteiger charge is -2.30. The maximum atomic E-state index is 13.6. The fourth-order valence-corrected chi connectivity index (χ4v) is 6.86. The van der Waals surface area contributed by atoms with Gasteiger partial charge >= 0.3 is 4.87 Å². The molecule has 0 spiro atoms. The van der Waals surface area contributed by atoms with Gasteiger partial charge in [0.05, 0.1) is 23.7 Å². The van der Waals surface area contributed by atoms with E-state index in [0.29, 0.717) is 16.5 Å². The molecule has 2 aliphatic rings. The quantitative estimate of drug-likeness (QED) is 0.593. The van der Waals surface area contributed by atoms with Crippen LogP contribution in [0.25, 0.3) is 0 Å². The summed E-state index contributed by atoms with van der Waals surface area (Å²) in [5.41, 5.74) is 2.47. The maximum Gasteiger partial charge on any atom is 0.305 e. The van der Waals surface area contributed by atoms with E-state index >= 15 is 0 Å². The number of hydrogen-bond acceptors (Lipinski definition) is 7. The molecule has 9 heteroatoms. The number of nitrogens with zero attached hydrogens (tertiary/aromatic N) is 2. The zero-order valence-corrected chi connectivity index (χ0v) is 19.3. The van der Waals surface area contributed by atoms with E-state index in [9.17, 15) is 14.4 Å². The minimum absolute atomic E-state index is 0.177. The van der Waals surface area contributed by atoms with Crippen LogP contribution in [0.3, 0.4) is 0 Å². The van der Waals surface area contributed by atoms with Gasteiger partial charge in [0.25, 0.3) is 0 Å². The summed E-state index contributed by atoms with van der Waals surface area (Å²) in [5, 5.41) is 0.0848. The van der Waals surface area contributed by atoms with Gasteiger partial charge in [0.15, 0.2) is 0 Å². The number of amides is 2. The summed E-state index contributed by atoms with van der Waals surface area (Å²) in [4.78, 5) is 46.0. The predicted octanol–water partition coefficient (Wildman–Crippen LogP) is 3.31. The Morgan fingerprint density at radius 2 is 1.66 bits per heavy atom. The van der Waals surface area contributed by atoms with Gasteiger partial charge in [-0.05, 0) is 42.0 Å². The SMILES string of the molecule is COc1ccc(N2C(=O)C3Sc4[nH]c(=O)sc4C(c4ccc(N(C)C)cc4)C3C2=O)cc1. The molecule has 1 fully saturated rings. The van der Waals surface area contributed by atoms with Crippen LogP contribution in [0.2, 0.25) is 0 Å². The number of anilines is 2. The average Bonchev–Trinajstić information content (AvgIpc) is 3.28. The Hall–Kier alpha value is -3.04. The highest BCUT2D eigenvalue weighted by atomic mass is 32.2. The molecule has 32 heavy (non-hydrogen) atoms. The lowest BCUT2D eigenvalue weighted by atomic mass is 9.83. The van der Waals surface area contributed by atoms with Crippen molar-refractivity contribution in [2.45, 2.75) is 16.2 Å². The van der Waals surface area contributed by atoms with Crippen LogP contribution in [0.1, 0.15) is 16.4 Å². The first-order valence-electron chi connectivity index (χ1n) is 10.1. The molecule has 1 aromatic heterocycles. The summed E-state index contributed by atoms with van der Waals surface area (Å²) >= 11 is 2.40. The van der Waals surface area contributed by atoms with Crippen molar-refractivity contribution in [1.82, 2.24) is 4.98 Å². The third kappa shape index (κ3) is 3.23. The molecule has 0 aliphatic carbocycles. The lowest BCUT2D eigenvalue weighted by molar-refractivity contribution is -0.122. The van der Waals surface area contributed by atoms with E-state index in [1.807, 2.05) is 43.3 Å². The largest absolute Gasteiger partial charge is 0.497 e. The minimum atomic E-state index is -0.596. The van der Waals surface area contributed by atoms with Gasteiger partial charge in [0.2, 0.25) is 11.8 Å². The van der Waals surface area contributed by atoms with Gasteiger partial charge in [-0.25, -0.2) is 4.90 Å². The number of H-pyrrole nitrogens is 1. The standard InChI is InChI=1S/C23H21N3O4S2/c1-25(2)13-6-4-12(5-7-13)16-17-19(31-20-18(16)32-23(29)24-20)22(28)26(21(17)27)14-8-10-15(30-3)11-9-14/h4-11,16-17,19H,1-3H3,(H,24,29). The van der Waals surface area contributed by atoms with Crippen LogP contribution in [0.15, 0.2) is 58.4 Å². The first-order valence-corrected chi connectivity index (χ1v) is 11.8. The second-order valence-electron chi connectivity index (χ2n) is 7.95. The first kappa shape index (κ1) is 20.8. The van der Waals surface area contributed by atoms with E-state index in [-0.39, 0.29) is 22.6 Å².